The van der Waals surface area contributed by atoms with E-state index in [4.69, 9.17) is 0 Å². The van der Waals surface area contributed by atoms with E-state index in [1.807, 2.05) is 0 Å². The van der Waals surface area contributed by atoms with Crippen LogP contribution in [0.3, 0.4) is 0 Å². The molecule has 0 bridgehead atoms. The molecule has 0 aromatic heterocycles. The average molecular weight is 97.1 g/mol. The molecule has 4 heteroatoms. The molecule has 2 nitrogen and oxygen atoms in total. The van der Waals surface area contributed by atoms with E-state index in [9.17, 15) is 0 Å². The zero-order valence-corrected chi connectivity index (χ0v) is 4.15. The summed E-state index contributed by atoms with van der Waals surface area (Å²) < 4.78 is 0. The van der Waals surface area contributed by atoms with Crippen LogP contribution in [-0.2, 0) is 0 Å². The molecule has 0 atom stereocenters. The van der Waals surface area contributed by atoms with Crippen LogP contribution in [0.5, 0.6) is 0 Å². The molecular weight excluding hydrogens is 92.1 g/mol. The van der Waals surface area contributed by atoms with Gasteiger partial charge in [-0.05, 0) is 0 Å². The van der Waals surface area contributed by atoms with Crippen molar-refractivity contribution < 1.29 is 35.0 Å². The first-order valence-corrected chi connectivity index (χ1v) is 0. The standard InChI is InChI=1S/K.H3N.Na.H2O.H/h;1H3;;1H2;/q;;+1;;/p-1. The number of rotatable bonds is 0. The third-order valence-corrected chi connectivity index (χ3v) is 0. The van der Waals surface area contributed by atoms with Gasteiger partial charge in [0, 0.05) is 0 Å². The molecule has 4 heavy (non-hydrogen) atoms. The summed E-state index contributed by atoms with van der Waals surface area (Å²) in [5.41, 5.74) is 0. The third kappa shape index (κ3) is 8.82. The molecular formula is H5KNNaO. The van der Waals surface area contributed by atoms with Crippen molar-refractivity contribution in [3.8, 4) is 0 Å². The Labute approximate surface area is 90.3 Å². The molecule has 18 valence electrons. The van der Waals surface area contributed by atoms with Crippen LogP contribution in [0.15, 0.2) is 0 Å². The Morgan fingerprint density at radius 2 is 1.00 bits per heavy atom. The van der Waals surface area contributed by atoms with Crippen LogP contribution >= 0.6 is 0 Å². The molecule has 0 aliphatic rings. The summed E-state index contributed by atoms with van der Waals surface area (Å²) in [7, 11) is 0. The molecule has 0 saturated carbocycles. The van der Waals surface area contributed by atoms with Gasteiger partial charge in [-0.15, -0.1) is 0 Å². The first-order chi connectivity index (χ1) is 0. The van der Waals surface area contributed by atoms with Crippen molar-refractivity contribution in [1.82, 2.24) is 6.15 Å². The topological polar surface area (TPSA) is 65.0 Å². The maximum atomic E-state index is 0. The SMILES string of the molecule is N.[KH].[Na+].[OH-]. The van der Waals surface area contributed by atoms with Gasteiger partial charge in [-0.25, -0.2) is 0 Å². The molecule has 0 aliphatic carbocycles. The average Bonchev–Trinajstić information content (AvgIpc) is 0. The van der Waals surface area contributed by atoms with E-state index in [2.05, 4.69) is 0 Å². The Balaban J connectivity index is 0. The molecule has 0 rings (SSSR count). The summed E-state index contributed by atoms with van der Waals surface area (Å²) >= 11 is 0. The van der Waals surface area contributed by atoms with Gasteiger partial charge in [0.15, 0.2) is 0 Å². The largest absolute Gasteiger partial charge is 1.00 e. The van der Waals surface area contributed by atoms with Crippen LogP contribution in [0, 0.1) is 0 Å². The van der Waals surface area contributed by atoms with Gasteiger partial charge in [-0.2, -0.15) is 0 Å². The summed E-state index contributed by atoms with van der Waals surface area (Å²) in [6, 6.07) is 0. The Kier molecular flexibility index (Phi) is 137. The van der Waals surface area contributed by atoms with Crippen LogP contribution in [-0.4, -0.2) is 56.9 Å². The zero-order chi connectivity index (χ0) is 0. The van der Waals surface area contributed by atoms with Gasteiger partial charge in [-0.1, -0.05) is 0 Å². The summed E-state index contributed by atoms with van der Waals surface area (Å²) in [5.74, 6) is 0. The van der Waals surface area contributed by atoms with Crippen molar-refractivity contribution in [2.45, 2.75) is 0 Å². The fourth-order valence-corrected chi connectivity index (χ4v) is 0. The third-order valence-electron chi connectivity index (χ3n) is 0. The van der Waals surface area contributed by atoms with Crippen molar-refractivity contribution in [3.63, 3.8) is 0 Å². The Bertz CT molecular complexity index is 8.00. The molecule has 0 radical (unpaired) electrons. The molecule has 0 heterocycles. The second-order valence-electron chi connectivity index (χ2n) is 0. The normalized spacial score (nSPS) is 0. The molecule has 0 spiro atoms. The molecule has 0 aromatic rings. The fourth-order valence-electron chi connectivity index (χ4n) is 0. The van der Waals surface area contributed by atoms with Gasteiger partial charge in [-0.3, -0.25) is 0 Å². The van der Waals surface area contributed by atoms with Gasteiger partial charge >= 0.3 is 80.9 Å². The molecule has 0 saturated heterocycles. The van der Waals surface area contributed by atoms with E-state index >= 15 is 0 Å². The minimum Gasteiger partial charge on any atom is -0.870 e. The van der Waals surface area contributed by atoms with E-state index < -0.39 is 0 Å². The Hall–Kier alpha value is 2.56. The van der Waals surface area contributed by atoms with E-state index in [-0.39, 0.29) is 92.6 Å². The fraction of sp³-hybridized carbons (Fsp3) is 0. The molecule has 0 amide bonds. The van der Waals surface area contributed by atoms with Crippen LogP contribution < -0.4 is 35.7 Å². The quantitative estimate of drug-likeness (QED) is 0.317. The van der Waals surface area contributed by atoms with Crippen LogP contribution in [0.25, 0.3) is 0 Å². The molecule has 4 N–H and O–H groups in total. The second kappa shape index (κ2) is 17.7. The van der Waals surface area contributed by atoms with Crippen molar-refractivity contribution in [1.29, 1.82) is 0 Å². The maximum absolute atomic E-state index is 0. The number of hydrogen-bond acceptors (Lipinski definition) is 2. The first kappa shape index (κ1) is 31.0. The van der Waals surface area contributed by atoms with Crippen LogP contribution in [0.4, 0.5) is 0 Å². The summed E-state index contributed by atoms with van der Waals surface area (Å²) in [5, 5.41) is 0. The van der Waals surface area contributed by atoms with E-state index in [1.54, 1.807) is 0 Å². The minimum absolute atomic E-state index is 0. The number of hydrogen-bond donors (Lipinski definition) is 1. The van der Waals surface area contributed by atoms with Gasteiger partial charge in [0.2, 0.25) is 0 Å². The summed E-state index contributed by atoms with van der Waals surface area (Å²) in [6.07, 6.45) is 0. The van der Waals surface area contributed by atoms with E-state index in [1.165, 1.54) is 0 Å². The van der Waals surface area contributed by atoms with Crippen molar-refractivity contribution in [2.24, 2.45) is 0 Å². The Morgan fingerprint density at radius 3 is 1.00 bits per heavy atom. The summed E-state index contributed by atoms with van der Waals surface area (Å²) in [4.78, 5) is 0. The molecule has 0 unspecified atom stereocenters. The Morgan fingerprint density at radius 1 is 1.00 bits per heavy atom. The van der Waals surface area contributed by atoms with Crippen molar-refractivity contribution in [3.05, 3.63) is 0 Å². The van der Waals surface area contributed by atoms with Crippen molar-refractivity contribution >= 4 is 51.4 Å². The zero-order valence-electron chi connectivity index (χ0n) is 2.15. The van der Waals surface area contributed by atoms with Crippen LogP contribution in [0.1, 0.15) is 0 Å². The van der Waals surface area contributed by atoms with Gasteiger partial charge < -0.3 is 11.6 Å². The van der Waals surface area contributed by atoms with Gasteiger partial charge in [0.05, 0.1) is 0 Å². The van der Waals surface area contributed by atoms with Crippen molar-refractivity contribution in [2.75, 3.05) is 0 Å². The monoisotopic (exact) mass is 97.0 g/mol. The maximum Gasteiger partial charge on any atom is 1.00 e. The van der Waals surface area contributed by atoms with Gasteiger partial charge in [0.1, 0.15) is 0 Å². The smallest absolute Gasteiger partial charge is 0.870 e. The van der Waals surface area contributed by atoms with Crippen LogP contribution in [0.2, 0.25) is 0 Å². The minimum atomic E-state index is 0. The van der Waals surface area contributed by atoms with Gasteiger partial charge in [0.25, 0.3) is 0 Å². The molecule has 0 fully saturated rings. The molecule has 0 aliphatic heterocycles. The summed E-state index contributed by atoms with van der Waals surface area (Å²) in [6.45, 7) is 0. The van der Waals surface area contributed by atoms with E-state index in [0.29, 0.717) is 0 Å². The van der Waals surface area contributed by atoms with E-state index in [0.717, 1.165) is 0 Å². The predicted octanol–water partition coefficient (Wildman–Crippen LogP) is -3.66. The second-order valence-corrected chi connectivity index (χ2v) is 0. The predicted molar refractivity (Wildman–Crippen MR) is 14.1 cm³/mol. The first-order valence-electron chi connectivity index (χ1n) is 0. The molecule has 0 aromatic carbocycles.